The van der Waals surface area contributed by atoms with Crippen molar-refractivity contribution in [3.8, 4) is 11.8 Å². The van der Waals surface area contributed by atoms with Crippen LogP contribution in [0.15, 0.2) is 59.7 Å². The second-order valence-electron chi connectivity index (χ2n) is 9.28. The quantitative estimate of drug-likeness (QED) is 0.504. The Labute approximate surface area is 182 Å². The van der Waals surface area contributed by atoms with E-state index < -0.39 is 5.97 Å². The summed E-state index contributed by atoms with van der Waals surface area (Å²) in [4.78, 5) is 11.2. The number of allylic oxidation sites excluding steroid dienone is 1. The van der Waals surface area contributed by atoms with Crippen LogP contribution in [0.1, 0.15) is 48.8 Å². The molecule has 2 N–H and O–H groups in total. The highest BCUT2D eigenvalue weighted by Gasteiger charge is 2.46. The third-order valence-electron chi connectivity index (χ3n) is 7.32. The van der Waals surface area contributed by atoms with E-state index in [2.05, 4.69) is 0 Å². The molecular weight excluding hydrogens is 386 g/mol. The van der Waals surface area contributed by atoms with E-state index in [9.17, 15) is 9.90 Å². The van der Waals surface area contributed by atoms with Gasteiger partial charge in [0.2, 0.25) is 0 Å². The van der Waals surface area contributed by atoms with Crippen molar-refractivity contribution < 1.29 is 15.0 Å². The number of carboxylic acids is 1. The minimum absolute atomic E-state index is 0.261. The molecule has 0 amide bonds. The normalized spacial score (nSPS) is 26.5. The summed E-state index contributed by atoms with van der Waals surface area (Å²) in [5.41, 5.74) is 5.49. The maximum atomic E-state index is 11.2. The van der Waals surface area contributed by atoms with Crippen LogP contribution >= 0.6 is 0 Å². The highest BCUT2D eigenvalue weighted by molar-refractivity contribution is 5.96. The fourth-order valence-electron chi connectivity index (χ4n) is 6.28. The van der Waals surface area contributed by atoms with Gasteiger partial charge in [0, 0.05) is 0 Å². The second kappa shape index (κ2) is 7.74. The molecule has 2 aromatic carbocycles. The molecular formula is C27H25NO3. The molecule has 4 fully saturated rings. The summed E-state index contributed by atoms with van der Waals surface area (Å²) in [6, 6.07) is 17.0. The number of hydrogen-bond acceptors (Lipinski definition) is 3. The number of phenols is 1. The number of phenolic OH excluding ortho intramolecular Hbond substituents is 1. The van der Waals surface area contributed by atoms with Crippen LogP contribution in [0.25, 0.3) is 11.6 Å². The minimum atomic E-state index is -1.22. The van der Waals surface area contributed by atoms with Crippen molar-refractivity contribution in [3.63, 3.8) is 0 Å². The third kappa shape index (κ3) is 3.65. The number of aliphatic carboxylic acids is 1. The van der Waals surface area contributed by atoms with Gasteiger partial charge in [-0.2, -0.15) is 5.26 Å². The van der Waals surface area contributed by atoms with Crippen molar-refractivity contribution in [2.24, 2.45) is 23.7 Å². The maximum Gasteiger partial charge on any atom is 0.346 e. The van der Waals surface area contributed by atoms with Crippen LogP contribution in [-0.4, -0.2) is 16.2 Å². The van der Waals surface area contributed by atoms with Gasteiger partial charge in [-0.25, -0.2) is 4.79 Å². The monoisotopic (exact) mass is 411 g/mol. The van der Waals surface area contributed by atoms with Crippen molar-refractivity contribution in [2.45, 2.75) is 32.1 Å². The summed E-state index contributed by atoms with van der Waals surface area (Å²) < 4.78 is 0. The van der Waals surface area contributed by atoms with E-state index in [0.29, 0.717) is 17.4 Å². The van der Waals surface area contributed by atoms with Gasteiger partial charge in [0.05, 0.1) is 0 Å². The lowest BCUT2D eigenvalue weighted by molar-refractivity contribution is -0.132. The van der Waals surface area contributed by atoms with E-state index in [4.69, 9.17) is 10.4 Å². The molecule has 4 heteroatoms. The fourth-order valence-corrected chi connectivity index (χ4v) is 6.28. The largest absolute Gasteiger partial charge is 0.508 e. The number of nitrogens with zero attached hydrogens (tertiary/aromatic N) is 1. The molecule has 0 aliphatic heterocycles. The van der Waals surface area contributed by atoms with Crippen LogP contribution in [0.5, 0.6) is 5.75 Å². The molecule has 6 rings (SSSR count). The van der Waals surface area contributed by atoms with E-state index in [-0.39, 0.29) is 11.3 Å². The first kappa shape index (κ1) is 19.6. The lowest BCUT2D eigenvalue weighted by atomic mass is 9.53. The maximum absolute atomic E-state index is 11.2. The van der Waals surface area contributed by atoms with Gasteiger partial charge in [0.25, 0.3) is 0 Å². The zero-order valence-corrected chi connectivity index (χ0v) is 17.3. The van der Waals surface area contributed by atoms with Crippen LogP contribution in [0.3, 0.4) is 0 Å². The zero-order chi connectivity index (χ0) is 21.5. The molecule has 0 radical (unpaired) electrons. The van der Waals surface area contributed by atoms with Crippen LogP contribution in [0.2, 0.25) is 0 Å². The molecule has 2 aromatic rings. The summed E-state index contributed by atoms with van der Waals surface area (Å²) in [6.07, 6.45) is 7.95. The number of hydrogen-bond donors (Lipinski definition) is 2. The highest BCUT2D eigenvalue weighted by Crippen LogP contribution is 2.58. The van der Waals surface area contributed by atoms with E-state index in [1.807, 2.05) is 36.4 Å². The number of aromatic hydroxyl groups is 1. The molecule has 31 heavy (non-hydrogen) atoms. The summed E-state index contributed by atoms with van der Waals surface area (Å²) >= 11 is 0. The van der Waals surface area contributed by atoms with Gasteiger partial charge in [-0.15, -0.1) is 0 Å². The molecule has 4 aliphatic rings. The van der Waals surface area contributed by atoms with Gasteiger partial charge in [-0.05, 0) is 96.2 Å². The molecule has 4 bridgehead atoms. The number of rotatable bonds is 4. The van der Waals surface area contributed by atoms with Gasteiger partial charge in [-0.1, -0.05) is 42.0 Å². The van der Waals surface area contributed by atoms with E-state index in [1.54, 1.807) is 23.8 Å². The second-order valence-corrected chi connectivity index (χ2v) is 9.28. The van der Waals surface area contributed by atoms with Crippen molar-refractivity contribution >= 4 is 17.6 Å². The number of carboxylic acid groups (broad SMARTS) is 1. The summed E-state index contributed by atoms with van der Waals surface area (Å²) in [6.45, 7) is 0. The van der Waals surface area contributed by atoms with Gasteiger partial charge < -0.3 is 10.2 Å². The Hall–Kier alpha value is -3.32. The Bertz CT molecular complexity index is 1090. The van der Waals surface area contributed by atoms with Crippen molar-refractivity contribution in [3.05, 3.63) is 76.4 Å². The molecule has 0 spiro atoms. The molecule has 0 saturated heterocycles. The van der Waals surface area contributed by atoms with Crippen molar-refractivity contribution in [1.82, 2.24) is 0 Å². The molecule has 0 heterocycles. The molecule has 0 atom stereocenters. The molecule has 156 valence electrons. The first-order chi connectivity index (χ1) is 15.0. The molecule has 4 nitrogen and oxygen atoms in total. The minimum Gasteiger partial charge on any atom is -0.508 e. The summed E-state index contributed by atoms with van der Waals surface area (Å²) in [5, 5.41) is 28.0. The fraction of sp³-hybridized carbons (Fsp3) is 0.333. The van der Waals surface area contributed by atoms with Gasteiger partial charge in [-0.3, -0.25) is 0 Å². The average Bonchev–Trinajstić information content (AvgIpc) is 2.75. The van der Waals surface area contributed by atoms with Crippen LogP contribution in [0, 0.1) is 35.0 Å². The predicted octanol–water partition coefficient (Wildman–Crippen LogP) is 5.64. The van der Waals surface area contributed by atoms with E-state index in [1.165, 1.54) is 43.8 Å². The van der Waals surface area contributed by atoms with Gasteiger partial charge >= 0.3 is 5.97 Å². The van der Waals surface area contributed by atoms with Crippen molar-refractivity contribution in [2.75, 3.05) is 0 Å². The summed E-state index contributed by atoms with van der Waals surface area (Å²) in [7, 11) is 0. The van der Waals surface area contributed by atoms with E-state index in [0.717, 1.165) is 23.0 Å². The average molecular weight is 412 g/mol. The lowest BCUT2D eigenvalue weighted by Crippen LogP contribution is -2.40. The lowest BCUT2D eigenvalue weighted by Gasteiger charge is -2.52. The van der Waals surface area contributed by atoms with E-state index >= 15 is 0 Å². The molecule has 0 aromatic heterocycles. The highest BCUT2D eigenvalue weighted by atomic mass is 16.4. The van der Waals surface area contributed by atoms with Gasteiger partial charge in [0.1, 0.15) is 17.4 Å². The van der Waals surface area contributed by atoms with Crippen molar-refractivity contribution in [1.29, 1.82) is 5.26 Å². The molecule has 4 saturated carbocycles. The Morgan fingerprint density at radius 1 is 0.871 bits per heavy atom. The Morgan fingerprint density at radius 3 is 1.87 bits per heavy atom. The summed E-state index contributed by atoms with van der Waals surface area (Å²) in [5.74, 6) is 2.07. The predicted molar refractivity (Wildman–Crippen MR) is 119 cm³/mol. The number of benzene rings is 2. The first-order valence-corrected chi connectivity index (χ1v) is 11.0. The SMILES string of the molecule is N#C/C(=C\c1ccc(C(=C2C3CC4CC(C3)CC2C4)c2ccc(O)cc2)cc1)C(=O)O. The zero-order valence-electron chi connectivity index (χ0n) is 17.3. The van der Waals surface area contributed by atoms with Gasteiger partial charge in [0.15, 0.2) is 0 Å². The topological polar surface area (TPSA) is 81.3 Å². The van der Waals surface area contributed by atoms with Crippen LogP contribution in [0.4, 0.5) is 0 Å². The standard InChI is InChI=1S/C27H25NO3/c28-15-23(27(30)31)10-16-1-3-19(4-2-16)25(20-5-7-24(29)8-6-20)26-21-11-17-9-18(13-21)14-22(26)12-17/h1-8,10,17-18,21-22,29H,9,11-14H2,(H,30,31)/b23-10+,26-25?. The Kier molecular flexibility index (Phi) is 4.90. The number of carbonyl (C=O) groups is 1. The first-order valence-electron chi connectivity index (χ1n) is 11.0. The molecule has 0 unspecified atom stereocenters. The van der Waals surface area contributed by atoms with Crippen LogP contribution in [-0.2, 0) is 4.79 Å². The number of nitriles is 1. The van der Waals surface area contributed by atoms with Crippen LogP contribution < -0.4 is 0 Å². The Balaban J connectivity index is 1.60. The molecule has 4 aliphatic carbocycles. The smallest absolute Gasteiger partial charge is 0.346 e. The third-order valence-corrected chi connectivity index (χ3v) is 7.32. The Morgan fingerprint density at radius 2 is 1.39 bits per heavy atom.